The molecule has 3 heterocycles. The molecule has 22 heavy (non-hydrogen) atoms. The van der Waals surface area contributed by atoms with Crippen LogP contribution in [0.3, 0.4) is 0 Å². The number of carbonyl (C=O) groups excluding carboxylic acids is 2. The zero-order valence-corrected chi connectivity index (χ0v) is 12.5. The molecule has 0 radical (unpaired) electrons. The number of amides is 3. The first-order chi connectivity index (χ1) is 10.6. The number of hydrogen-bond donors (Lipinski definition) is 3. The third kappa shape index (κ3) is 3.38. The molecule has 4 N–H and O–H groups in total. The number of anilines is 1. The van der Waals surface area contributed by atoms with Crippen LogP contribution in [0.15, 0.2) is 12.4 Å². The first-order valence-electron chi connectivity index (χ1n) is 7.74. The zero-order valence-electron chi connectivity index (χ0n) is 12.5. The summed E-state index contributed by atoms with van der Waals surface area (Å²) in [4.78, 5) is 25.4. The Balaban J connectivity index is 1.52. The molecule has 2 saturated heterocycles. The van der Waals surface area contributed by atoms with E-state index in [9.17, 15) is 9.59 Å². The molecule has 2 atom stereocenters. The Morgan fingerprint density at radius 3 is 3.00 bits per heavy atom. The fraction of sp³-hybridized carbons (Fsp3) is 0.643. The van der Waals surface area contributed by atoms with Gasteiger partial charge < -0.3 is 16.4 Å². The lowest BCUT2D eigenvalue weighted by molar-refractivity contribution is -0.118. The summed E-state index contributed by atoms with van der Waals surface area (Å²) < 4.78 is 1.40. The molecule has 1 aromatic heterocycles. The van der Waals surface area contributed by atoms with Gasteiger partial charge in [0.05, 0.1) is 11.9 Å². The van der Waals surface area contributed by atoms with Crippen LogP contribution in [0, 0.1) is 0 Å². The molecule has 2 unspecified atom stereocenters. The molecule has 8 nitrogen and oxygen atoms in total. The summed E-state index contributed by atoms with van der Waals surface area (Å²) in [6.45, 7) is 2.21. The lowest BCUT2D eigenvalue weighted by Gasteiger charge is -2.32. The number of primary amides is 1. The third-order valence-corrected chi connectivity index (χ3v) is 4.38. The maximum Gasteiger partial charge on any atom is 0.319 e. The van der Waals surface area contributed by atoms with Crippen LogP contribution < -0.4 is 16.4 Å². The molecule has 8 heteroatoms. The van der Waals surface area contributed by atoms with Crippen molar-refractivity contribution in [2.45, 2.75) is 44.3 Å². The summed E-state index contributed by atoms with van der Waals surface area (Å²) in [7, 11) is 0. The molecule has 120 valence electrons. The third-order valence-electron chi connectivity index (χ3n) is 4.38. The smallest absolute Gasteiger partial charge is 0.319 e. The van der Waals surface area contributed by atoms with Gasteiger partial charge in [-0.2, -0.15) is 5.10 Å². The van der Waals surface area contributed by atoms with E-state index in [-0.39, 0.29) is 18.6 Å². The van der Waals surface area contributed by atoms with Crippen molar-refractivity contribution in [1.82, 2.24) is 20.0 Å². The lowest BCUT2D eigenvalue weighted by atomic mass is 9.99. The fourth-order valence-corrected chi connectivity index (χ4v) is 3.43. The van der Waals surface area contributed by atoms with Crippen molar-refractivity contribution in [3.63, 3.8) is 0 Å². The van der Waals surface area contributed by atoms with Crippen LogP contribution in [-0.2, 0) is 11.3 Å². The second kappa shape index (κ2) is 6.35. The number of nitrogens with one attached hydrogen (secondary N) is 2. The standard InChI is InChI=1S/C14H22N6O2/c15-13(21)9-20-8-10(7-16-20)17-14(22)18-11-4-6-19-5-2-1-3-12(11)19/h7-8,11-12H,1-6,9H2,(H2,15,21)(H2,17,18,22). The number of nitrogens with zero attached hydrogens (tertiary/aromatic N) is 3. The first-order valence-corrected chi connectivity index (χ1v) is 7.74. The lowest BCUT2D eigenvalue weighted by Crippen LogP contribution is -2.47. The van der Waals surface area contributed by atoms with Crippen molar-refractivity contribution in [3.05, 3.63) is 12.4 Å². The van der Waals surface area contributed by atoms with Crippen LogP contribution in [0.4, 0.5) is 10.5 Å². The summed E-state index contributed by atoms with van der Waals surface area (Å²) in [5, 5.41) is 9.78. The van der Waals surface area contributed by atoms with Gasteiger partial charge in [-0.15, -0.1) is 0 Å². The van der Waals surface area contributed by atoms with Gasteiger partial charge in [0.2, 0.25) is 5.91 Å². The number of nitrogens with two attached hydrogens (primary N) is 1. The SMILES string of the molecule is NC(=O)Cn1cc(NC(=O)NC2CCN3CCCCC23)cn1. The summed E-state index contributed by atoms with van der Waals surface area (Å²) in [5.74, 6) is -0.470. The van der Waals surface area contributed by atoms with Gasteiger partial charge in [0.1, 0.15) is 6.54 Å². The summed E-state index contributed by atoms with van der Waals surface area (Å²) in [6.07, 6.45) is 7.74. The molecular weight excluding hydrogens is 284 g/mol. The average Bonchev–Trinajstić information content (AvgIpc) is 3.06. The number of fused-ring (bicyclic) bond motifs is 1. The Morgan fingerprint density at radius 1 is 1.32 bits per heavy atom. The average molecular weight is 306 g/mol. The fourth-order valence-electron chi connectivity index (χ4n) is 3.43. The van der Waals surface area contributed by atoms with Gasteiger partial charge in [-0.25, -0.2) is 4.79 Å². The second-order valence-corrected chi connectivity index (χ2v) is 5.99. The quantitative estimate of drug-likeness (QED) is 0.734. The molecule has 2 fully saturated rings. The Morgan fingerprint density at radius 2 is 2.18 bits per heavy atom. The number of aromatic nitrogens is 2. The number of hydrogen-bond acceptors (Lipinski definition) is 4. The van der Waals surface area contributed by atoms with E-state index in [2.05, 4.69) is 20.6 Å². The molecule has 3 rings (SSSR count). The van der Waals surface area contributed by atoms with E-state index < -0.39 is 5.91 Å². The van der Waals surface area contributed by atoms with Gasteiger partial charge in [0.25, 0.3) is 0 Å². The predicted molar refractivity (Wildman–Crippen MR) is 81.2 cm³/mol. The van der Waals surface area contributed by atoms with Gasteiger partial charge in [0, 0.05) is 24.8 Å². The molecule has 2 aliphatic rings. The Labute approximate surface area is 129 Å². The van der Waals surface area contributed by atoms with E-state index in [1.807, 2.05) is 0 Å². The van der Waals surface area contributed by atoms with Crippen LogP contribution in [0.1, 0.15) is 25.7 Å². The minimum absolute atomic E-state index is 0.00293. The van der Waals surface area contributed by atoms with Crippen molar-refractivity contribution in [2.75, 3.05) is 18.4 Å². The molecule has 3 amide bonds. The molecule has 0 aromatic carbocycles. The first kappa shape index (κ1) is 14.8. The highest BCUT2D eigenvalue weighted by Crippen LogP contribution is 2.27. The van der Waals surface area contributed by atoms with E-state index >= 15 is 0 Å². The van der Waals surface area contributed by atoms with Crippen molar-refractivity contribution in [1.29, 1.82) is 0 Å². The van der Waals surface area contributed by atoms with Crippen LogP contribution >= 0.6 is 0 Å². The van der Waals surface area contributed by atoms with E-state index in [1.54, 1.807) is 6.20 Å². The predicted octanol–water partition coefficient (Wildman–Crippen LogP) is 0.117. The maximum atomic E-state index is 12.1. The Hall–Kier alpha value is -2.09. The van der Waals surface area contributed by atoms with Crippen LogP contribution in [0.2, 0.25) is 0 Å². The van der Waals surface area contributed by atoms with E-state index in [1.165, 1.54) is 23.7 Å². The van der Waals surface area contributed by atoms with Crippen LogP contribution in [0.5, 0.6) is 0 Å². The van der Waals surface area contributed by atoms with Crippen molar-refractivity contribution in [3.8, 4) is 0 Å². The molecule has 0 saturated carbocycles. The topological polar surface area (TPSA) is 105 Å². The monoisotopic (exact) mass is 306 g/mol. The van der Waals surface area contributed by atoms with Gasteiger partial charge in [-0.3, -0.25) is 14.4 Å². The van der Waals surface area contributed by atoms with Gasteiger partial charge in [-0.1, -0.05) is 6.42 Å². The summed E-state index contributed by atoms with van der Waals surface area (Å²) in [6, 6.07) is 0.453. The highest BCUT2D eigenvalue weighted by molar-refractivity contribution is 5.89. The summed E-state index contributed by atoms with van der Waals surface area (Å²) in [5.41, 5.74) is 5.66. The van der Waals surface area contributed by atoms with Crippen LogP contribution in [-0.4, -0.2) is 51.8 Å². The minimum atomic E-state index is -0.470. The van der Waals surface area contributed by atoms with E-state index in [4.69, 9.17) is 5.73 Å². The minimum Gasteiger partial charge on any atom is -0.368 e. The van der Waals surface area contributed by atoms with Crippen molar-refractivity contribution in [2.24, 2.45) is 5.73 Å². The zero-order chi connectivity index (χ0) is 15.5. The number of urea groups is 1. The molecular formula is C14H22N6O2. The number of piperidine rings is 1. The van der Waals surface area contributed by atoms with Crippen molar-refractivity contribution < 1.29 is 9.59 Å². The van der Waals surface area contributed by atoms with Crippen LogP contribution in [0.25, 0.3) is 0 Å². The van der Waals surface area contributed by atoms with Gasteiger partial charge >= 0.3 is 6.03 Å². The van der Waals surface area contributed by atoms with Gasteiger partial charge in [-0.05, 0) is 25.8 Å². The molecule has 0 spiro atoms. The molecule has 1 aromatic rings. The van der Waals surface area contributed by atoms with Gasteiger partial charge in [0.15, 0.2) is 0 Å². The summed E-state index contributed by atoms with van der Waals surface area (Å²) >= 11 is 0. The molecule has 0 bridgehead atoms. The second-order valence-electron chi connectivity index (χ2n) is 5.99. The highest BCUT2D eigenvalue weighted by Gasteiger charge is 2.36. The number of carbonyl (C=O) groups is 2. The van der Waals surface area contributed by atoms with E-state index in [0.29, 0.717) is 11.7 Å². The largest absolute Gasteiger partial charge is 0.368 e. The normalized spacial score (nSPS) is 24.7. The van der Waals surface area contributed by atoms with E-state index in [0.717, 1.165) is 25.9 Å². The maximum absolute atomic E-state index is 12.1. The Kier molecular flexibility index (Phi) is 4.28. The molecule has 0 aliphatic carbocycles. The Bertz CT molecular complexity index is 557. The highest BCUT2D eigenvalue weighted by atomic mass is 16.2. The van der Waals surface area contributed by atoms with Crippen molar-refractivity contribution >= 4 is 17.6 Å². The number of rotatable bonds is 4. The molecule has 2 aliphatic heterocycles.